The predicted octanol–water partition coefficient (Wildman–Crippen LogP) is 2.63. The fraction of sp³-hybridized carbons (Fsp3) is 0.0769. The lowest BCUT2D eigenvalue weighted by Crippen LogP contribution is -1.90. The van der Waals surface area contributed by atoms with E-state index in [1.807, 2.05) is 12.1 Å². The molecule has 0 unspecified atom stereocenters. The Hall–Kier alpha value is -2.03. The Labute approximate surface area is 92.8 Å². The van der Waals surface area contributed by atoms with Gasteiger partial charge in [-0.2, -0.15) is 0 Å². The van der Waals surface area contributed by atoms with Crippen LogP contribution in [0.1, 0.15) is 5.69 Å². The molecule has 0 aliphatic carbocycles. The maximum absolute atomic E-state index is 13.0. The summed E-state index contributed by atoms with van der Waals surface area (Å²) >= 11 is 0. The monoisotopic (exact) mass is 215 g/mol. The highest BCUT2D eigenvalue weighted by atomic mass is 19.1. The fourth-order valence-electron chi connectivity index (χ4n) is 1.47. The van der Waals surface area contributed by atoms with E-state index in [0.29, 0.717) is 6.42 Å². The number of hydrogen-bond donors (Lipinski definition) is 0. The van der Waals surface area contributed by atoms with E-state index in [-0.39, 0.29) is 5.82 Å². The van der Waals surface area contributed by atoms with Crippen molar-refractivity contribution in [2.75, 3.05) is 0 Å². The highest BCUT2D eigenvalue weighted by Crippen LogP contribution is 2.19. The van der Waals surface area contributed by atoms with Gasteiger partial charge in [0.2, 0.25) is 0 Å². The number of aromatic nitrogens is 1. The van der Waals surface area contributed by atoms with Gasteiger partial charge in [-0.3, -0.25) is 4.98 Å². The van der Waals surface area contributed by atoms with Crippen LogP contribution >= 0.6 is 0 Å². The molecule has 2 rings (SSSR count). The van der Waals surface area contributed by atoms with Crippen LogP contribution in [-0.4, -0.2) is 11.3 Å². The molecule has 2 aromatic rings. The number of halogens is 1. The van der Waals surface area contributed by atoms with E-state index < -0.39 is 0 Å². The molecule has 2 nitrogen and oxygen atoms in total. The molecule has 16 heavy (non-hydrogen) atoms. The van der Waals surface area contributed by atoms with Crippen molar-refractivity contribution in [1.29, 1.82) is 0 Å². The first-order chi connectivity index (χ1) is 7.79. The zero-order valence-corrected chi connectivity index (χ0v) is 8.56. The molecule has 0 fully saturated rings. The first-order valence-corrected chi connectivity index (χ1v) is 4.94. The predicted molar refractivity (Wildman–Crippen MR) is 59.4 cm³/mol. The molecule has 0 radical (unpaired) electrons. The maximum Gasteiger partial charge on any atom is 0.125 e. The number of rotatable bonds is 3. The first kappa shape index (κ1) is 10.5. The second kappa shape index (κ2) is 4.66. The second-order valence-electron chi connectivity index (χ2n) is 3.42. The summed E-state index contributed by atoms with van der Waals surface area (Å²) in [5.74, 6) is -0.269. The van der Waals surface area contributed by atoms with Crippen LogP contribution in [0.3, 0.4) is 0 Å². The van der Waals surface area contributed by atoms with E-state index in [1.165, 1.54) is 12.1 Å². The van der Waals surface area contributed by atoms with Gasteiger partial charge in [-0.15, -0.1) is 0 Å². The highest BCUT2D eigenvalue weighted by molar-refractivity contribution is 5.63. The molecule has 1 aromatic carbocycles. The van der Waals surface area contributed by atoms with Crippen LogP contribution in [0.5, 0.6) is 0 Å². The van der Waals surface area contributed by atoms with Crippen LogP contribution in [0.4, 0.5) is 4.39 Å². The van der Waals surface area contributed by atoms with E-state index in [1.54, 1.807) is 18.3 Å². The molecule has 0 saturated carbocycles. The van der Waals surface area contributed by atoms with Gasteiger partial charge in [0.05, 0.1) is 0 Å². The van der Waals surface area contributed by atoms with Gasteiger partial charge in [0.25, 0.3) is 0 Å². The van der Waals surface area contributed by atoms with Crippen molar-refractivity contribution in [2.24, 2.45) is 0 Å². The lowest BCUT2D eigenvalue weighted by molar-refractivity contribution is -0.107. The van der Waals surface area contributed by atoms with Crippen molar-refractivity contribution in [3.05, 3.63) is 54.1 Å². The quantitative estimate of drug-likeness (QED) is 0.737. The Morgan fingerprint density at radius 1 is 1.19 bits per heavy atom. The lowest BCUT2D eigenvalue weighted by Gasteiger charge is -2.02. The summed E-state index contributed by atoms with van der Waals surface area (Å²) in [5, 5.41) is 0. The Morgan fingerprint density at radius 2 is 2.06 bits per heavy atom. The molecule has 0 aliphatic heterocycles. The van der Waals surface area contributed by atoms with Crippen molar-refractivity contribution in [1.82, 2.24) is 4.98 Å². The number of carbonyl (C=O) groups is 1. The second-order valence-corrected chi connectivity index (χ2v) is 3.42. The summed E-state index contributed by atoms with van der Waals surface area (Å²) in [6, 6.07) is 9.94. The summed E-state index contributed by atoms with van der Waals surface area (Å²) in [6.07, 6.45) is 2.77. The molecular weight excluding hydrogens is 205 g/mol. The van der Waals surface area contributed by atoms with Gasteiger partial charge in [0.1, 0.15) is 12.1 Å². The Balaban J connectivity index is 2.31. The molecule has 0 amide bonds. The third-order valence-corrected chi connectivity index (χ3v) is 2.28. The van der Waals surface area contributed by atoms with Gasteiger partial charge in [-0.05, 0) is 23.8 Å². The van der Waals surface area contributed by atoms with Crippen LogP contribution in [-0.2, 0) is 11.2 Å². The Morgan fingerprint density at radius 3 is 2.69 bits per heavy atom. The number of hydrogen-bond acceptors (Lipinski definition) is 2. The summed E-state index contributed by atoms with van der Waals surface area (Å²) in [7, 11) is 0. The van der Waals surface area contributed by atoms with Crippen molar-refractivity contribution in [2.45, 2.75) is 6.42 Å². The van der Waals surface area contributed by atoms with Crippen molar-refractivity contribution in [3.8, 4) is 11.1 Å². The average Bonchev–Trinajstić information content (AvgIpc) is 2.30. The summed E-state index contributed by atoms with van der Waals surface area (Å²) in [6.45, 7) is 0. The highest BCUT2D eigenvalue weighted by Gasteiger charge is 2.00. The molecule has 80 valence electrons. The van der Waals surface area contributed by atoms with Crippen LogP contribution in [0.25, 0.3) is 11.1 Å². The number of aldehydes is 1. The van der Waals surface area contributed by atoms with Gasteiger partial charge in [-0.25, -0.2) is 4.39 Å². The molecule has 0 spiro atoms. The number of nitrogens with zero attached hydrogens (tertiary/aromatic N) is 1. The summed E-state index contributed by atoms with van der Waals surface area (Å²) in [4.78, 5) is 14.4. The Kier molecular flexibility index (Phi) is 3.05. The van der Waals surface area contributed by atoms with Crippen molar-refractivity contribution in [3.63, 3.8) is 0 Å². The van der Waals surface area contributed by atoms with Crippen LogP contribution in [0.2, 0.25) is 0 Å². The zero-order valence-electron chi connectivity index (χ0n) is 8.56. The first-order valence-electron chi connectivity index (χ1n) is 4.94. The number of carbonyl (C=O) groups excluding carboxylic acids is 1. The van der Waals surface area contributed by atoms with E-state index in [2.05, 4.69) is 4.98 Å². The van der Waals surface area contributed by atoms with E-state index in [9.17, 15) is 9.18 Å². The minimum absolute atomic E-state index is 0.269. The minimum Gasteiger partial charge on any atom is -0.303 e. The van der Waals surface area contributed by atoms with E-state index in [0.717, 1.165) is 23.1 Å². The molecular formula is C13H10FNO. The summed E-state index contributed by atoms with van der Waals surface area (Å²) in [5.41, 5.74) is 2.34. The molecule has 0 atom stereocenters. The van der Waals surface area contributed by atoms with Gasteiger partial charge in [-0.1, -0.05) is 18.2 Å². The smallest absolute Gasteiger partial charge is 0.125 e. The molecule has 0 saturated heterocycles. The standard InChI is InChI=1S/C13H10FNO/c14-12-3-1-2-10(8-12)11-4-5-13(6-7-16)15-9-11/h1-5,7-9H,6H2. The molecule has 3 heteroatoms. The van der Waals surface area contributed by atoms with Gasteiger partial charge in [0, 0.05) is 23.9 Å². The third kappa shape index (κ3) is 2.31. The maximum atomic E-state index is 13.0. The third-order valence-electron chi connectivity index (χ3n) is 2.28. The van der Waals surface area contributed by atoms with Crippen molar-refractivity contribution >= 4 is 6.29 Å². The van der Waals surface area contributed by atoms with Gasteiger partial charge in [0.15, 0.2) is 0 Å². The zero-order chi connectivity index (χ0) is 11.4. The van der Waals surface area contributed by atoms with Crippen LogP contribution in [0.15, 0.2) is 42.6 Å². The van der Waals surface area contributed by atoms with E-state index >= 15 is 0 Å². The normalized spacial score (nSPS) is 10.1. The molecule has 1 heterocycles. The van der Waals surface area contributed by atoms with Crippen LogP contribution in [0, 0.1) is 5.82 Å². The average molecular weight is 215 g/mol. The molecule has 0 bridgehead atoms. The molecule has 1 aromatic heterocycles. The van der Waals surface area contributed by atoms with Gasteiger partial charge < -0.3 is 4.79 Å². The largest absolute Gasteiger partial charge is 0.303 e. The topological polar surface area (TPSA) is 30.0 Å². The minimum atomic E-state index is -0.269. The van der Waals surface area contributed by atoms with E-state index in [4.69, 9.17) is 0 Å². The van der Waals surface area contributed by atoms with Gasteiger partial charge >= 0.3 is 0 Å². The number of pyridine rings is 1. The lowest BCUT2D eigenvalue weighted by atomic mass is 10.1. The fourth-order valence-corrected chi connectivity index (χ4v) is 1.47. The summed E-state index contributed by atoms with van der Waals surface area (Å²) < 4.78 is 13.0. The van der Waals surface area contributed by atoms with Crippen molar-refractivity contribution < 1.29 is 9.18 Å². The molecule has 0 N–H and O–H groups in total. The van der Waals surface area contributed by atoms with Crippen LogP contribution < -0.4 is 0 Å². The number of benzene rings is 1. The molecule has 0 aliphatic rings. The SMILES string of the molecule is O=CCc1ccc(-c2cccc(F)c2)cn1. The Bertz CT molecular complexity index is 494.